The van der Waals surface area contributed by atoms with Gasteiger partial charge in [-0.3, -0.25) is 4.79 Å². The average molecular weight is 397 g/mol. The maximum absolute atomic E-state index is 12.7. The molecule has 0 aliphatic carbocycles. The van der Waals surface area contributed by atoms with E-state index in [2.05, 4.69) is 10.6 Å². The lowest BCUT2D eigenvalue weighted by atomic mass is 10.00. The van der Waals surface area contributed by atoms with E-state index in [4.69, 9.17) is 11.6 Å². The predicted molar refractivity (Wildman–Crippen MR) is 107 cm³/mol. The van der Waals surface area contributed by atoms with Gasteiger partial charge in [-0.1, -0.05) is 23.7 Å². The number of carbonyl (C=O) groups is 1. The van der Waals surface area contributed by atoms with E-state index in [-0.39, 0.29) is 18.3 Å². The summed E-state index contributed by atoms with van der Waals surface area (Å²) in [7, 11) is 0. The Kier molecular flexibility index (Phi) is 5.74. The normalized spacial score (nSPS) is 24.6. The highest BCUT2D eigenvalue weighted by atomic mass is 35.5. The highest BCUT2D eigenvalue weighted by molar-refractivity contribution is 7.17. The Balaban J connectivity index is 0.00000182. The molecule has 2 aliphatic heterocycles. The second kappa shape index (κ2) is 7.67. The smallest absolute Gasteiger partial charge is 0.261 e. The molecule has 2 aromatic rings. The van der Waals surface area contributed by atoms with Crippen molar-refractivity contribution in [1.29, 1.82) is 0 Å². The van der Waals surface area contributed by atoms with Crippen LogP contribution >= 0.6 is 35.3 Å². The lowest BCUT2D eigenvalue weighted by molar-refractivity contribution is 0.0928. The number of nitrogens with one attached hydrogen (secondary N) is 2. The topological polar surface area (TPSA) is 41.1 Å². The number of fused-ring (bicyclic) bond motifs is 2. The Hall–Kier alpha value is -1.07. The third-order valence-electron chi connectivity index (χ3n) is 5.04. The van der Waals surface area contributed by atoms with E-state index < -0.39 is 0 Å². The van der Waals surface area contributed by atoms with Crippen LogP contribution in [0.1, 0.15) is 40.9 Å². The van der Waals surface area contributed by atoms with Gasteiger partial charge in [-0.05, 0) is 61.9 Å². The molecule has 1 aromatic carbocycles. The lowest BCUT2D eigenvalue weighted by Gasteiger charge is -2.29. The fourth-order valence-corrected chi connectivity index (χ4v) is 5.20. The molecule has 0 spiro atoms. The van der Waals surface area contributed by atoms with Gasteiger partial charge in [-0.25, -0.2) is 0 Å². The molecular weight excluding hydrogens is 375 g/mol. The van der Waals surface area contributed by atoms with Crippen molar-refractivity contribution in [3.63, 3.8) is 0 Å². The first-order chi connectivity index (χ1) is 11.6. The first-order valence-corrected chi connectivity index (χ1v) is 9.71. The van der Waals surface area contributed by atoms with Gasteiger partial charge >= 0.3 is 0 Å². The Morgan fingerprint density at radius 3 is 2.64 bits per heavy atom. The Labute approximate surface area is 163 Å². The third kappa shape index (κ3) is 4.03. The molecule has 0 saturated carbocycles. The zero-order valence-corrected chi connectivity index (χ0v) is 16.4. The number of rotatable bonds is 3. The molecule has 25 heavy (non-hydrogen) atoms. The van der Waals surface area contributed by atoms with Crippen molar-refractivity contribution in [2.45, 2.75) is 50.7 Å². The summed E-state index contributed by atoms with van der Waals surface area (Å²) < 4.78 is 0. The second-order valence-corrected chi connectivity index (χ2v) is 8.40. The molecule has 0 radical (unpaired) electrons. The summed E-state index contributed by atoms with van der Waals surface area (Å²) in [5.41, 5.74) is 2.20. The molecule has 134 valence electrons. The number of piperidine rings is 1. The van der Waals surface area contributed by atoms with Crippen LogP contribution in [-0.4, -0.2) is 24.0 Å². The van der Waals surface area contributed by atoms with Gasteiger partial charge in [0.05, 0.1) is 4.88 Å². The molecule has 2 unspecified atom stereocenters. The monoisotopic (exact) mass is 396 g/mol. The standard InChI is InChI=1S/C19H21ClN2OS.ClH/c1-11-7-17(24-18(11)12-3-2-4-13(20)8-12)19(23)22-16-9-14-5-6-15(10-16)21-14;/h2-4,7-8,14-16,21H,5-6,9-10H2,1H3,(H,22,23);1H. The van der Waals surface area contributed by atoms with Gasteiger partial charge < -0.3 is 10.6 Å². The van der Waals surface area contributed by atoms with E-state index in [9.17, 15) is 4.79 Å². The second-order valence-electron chi connectivity index (χ2n) is 6.91. The Morgan fingerprint density at radius 1 is 1.24 bits per heavy atom. The van der Waals surface area contributed by atoms with Crippen LogP contribution in [0.5, 0.6) is 0 Å². The summed E-state index contributed by atoms with van der Waals surface area (Å²) in [6.45, 7) is 2.05. The molecule has 2 atom stereocenters. The molecule has 2 N–H and O–H groups in total. The van der Waals surface area contributed by atoms with Crippen molar-refractivity contribution in [2.24, 2.45) is 0 Å². The number of thiophene rings is 1. The molecule has 6 heteroatoms. The van der Waals surface area contributed by atoms with Gasteiger partial charge in [-0.15, -0.1) is 23.7 Å². The summed E-state index contributed by atoms with van der Waals surface area (Å²) in [5.74, 6) is 0.0580. The third-order valence-corrected chi connectivity index (χ3v) is 6.56. The van der Waals surface area contributed by atoms with Gasteiger partial charge in [0.2, 0.25) is 0 Å². The summed E-state index contributed by atoms with van der Waals surface area (Å²) >= 11 is 7.65. The fourth-order valence-electron chi connectivity index (χ4n) is 3.94. The molecule has 3 heterocycles. The average Bonchev–Trinajstić information content (AvgIpc) is 3.10. The number of benzene rings is 1. The Bertz CT molecular complexity index is 765. The molecule has 3 nitrogen and oxygen atoms in total. The minimum Gasteiger partial charge on any atom is -0.348 e. The molecule has 2 bridgehead atoms. The van der Waals surface area contributed by atoms with Crippen LogP contribution in [0, 0.1) is 6.92 Å². The van der Waals surface area contributed by atoms with Gasteiger partial charge in [0, 0.05) is 28.0 Å². The van der Waals surface area contributed by atoms with Crippen molar-refractivity contribution >= 4 is 41.3 Å². The Morgan fingerprint density at radius 2 is 1.96 bits per heavy atom. The van der Waals surface area contributed by atoms with Gasteiger partial charge in [0.15, 0.2) is 0 Å². The molecule has 2 fully saturated rings. The lowest BCUT2D eigenvalue weighted by Crippen LogP contribution is -2.47. The van der Waals surface area contributed by atoms with Crippen LogP contribution < -0.4 is 10.6 Å². The van der Waals surface area contributed by atoms with Crippen molar-refractivity contribution < 1.29 is 4.79 Å². The number of halogens is 2. The first kappa shape index (κ1) is 18.7. The maximum atomic E-state index is 12.7. The van der Waals surface area contributed by atoms with Crippen molar-refractivity contribution in [3.8, 4) is 10.4 Å². The van der Waals surface area contributed by atoms with Crippen molar-refractivity contribution in [2.75, 3.05) is 0 Å². The van der Waals surface area contributed by atoms with Crippen LogP contribution in [-0.2, 0) is 0 Å². The minimum atomic E-state index is 0. The molecule has 2 aliphatic rings. The highest BCUT2D eigenvalue weighted by Gasteiger charge is 2.34. The summed E-state index contributed by atoms with van der Waals surface area (Å²) in [5, 5.41) is 7.58. The summed E-state index contributed by atoms with van der Waals surface area (Å²) in [6, 6.07) is 11.3. The number of aryl methyl sites for hydroxylation is 1. The van der Waals surface area contributed by atoms with Crippen LogP contribution in [0.3, 0.4) is 0 Å². The molecule has 4 rings (SSSR count). The van der Waals surface area contributed by atoms with Crippen LogP contribution in [0.4, 0.5) is 0 Å². The molecular formula is C19H22Cl2N2OS. The van der Waals surface area contributed by atoms with Gasteiger partial charge in [-0.2, -0.15) is 0 Å². The van der Waals surface area contributed by atoms with E-state index in [1.165, 1.54) is 12.8 Å². The molecule has 1 aromatic heterocycles. The van der Waals surface area contributed by atoms with E-state index in [0.717, 1.165) is 38.7 Å². The largest absolute Gasteiger partial charge is 0.348 e. The minimum absolute atomic E-state index is 0. The zero-order valence-electron chi connectivity index (χ0n) is 14.0. The first-order valence-electron chi connectivity index (χ1n) is 8.52. The quantitative estimate of drug-likeness (QED) is 0.780. The van der Waals surface area contributed by atoms with E-state index in [1.807, 2.05) is 37.3 Å². The zero-order chi connectivity index (χ0) is 16.7. The SMILES string of the molecule is Cc1cc(C(=O)NC2CC3CCC(C2)N3)sc1-c1cccc(Cl)c1.Cl. The maximum Gasteiger partial charge on any atom is 0.261 e. The number of hydrogen-bond acceptors (Lipinski definition) is 3. The number of hydrogen-bond donors (Lipinski definition) is 2. The van der Waals surface area contributed by atoms with Crippen LogP contribution in [0.25, 0.3) is 10.4 Å². The van der Waals surface area contributed by atoms with E-state index in [0.29, 0.717) is 18.1 Å². The molecule has 2 saturated heterocycles. The summed E-state index contributed by atoms with van der Waals surface area (Å²) in [4.78, 5) is 14.6. The predicted octanol–water partition coefficient (Wildman–Crippen LogP) is 4.81. The van der Waals surface area contributed by atoms with Gasteiger partial charge in [0.25, 0.3) is 5.91 Å². The molecule has 1 amide bonds. The van der Waals surface area contributed by atoms with Crippen LogP contribution in [0.15, 0.2) is 30.3 Å². The van der Waals surface area contributed by atoms with E-state index in [1.54, 1.807) is 11.3 Å². The van der Waals surface area contributed by atoms with Gasteiger partial charge in [0.1, 0.15) is 0 Å². The van der Waals surface area contributed by atoms with Crippen molar-refractivity contribution in [1.82, 2.24) is 10.6 Å². The summed E-state index contributed by atoms with van der Waals surface area (Å²) in [6.07, 6.45) is 4.59. The van der Waals surface area contributed by atoms with E-state index >= 15 is 0 Å². The van der Waals surface area contributed by atoms with Crippen LogP contribution in [0.2, 0.25) is 5.02 Å². The fraction of sp³-hybridized carbons (Fsp3) is 0.421. The number of amides is 1. The number of carbonyl (C=O) groups excluding carboxylic acids is 1. The highest BCUT2D eigenvalue weighted by Crippen LogP contribution is 2.34. The van der Waals surface area contributed by atoms with Crippen molar-refractivity contribution in [3.05, 3.63) is 45.8 Å².